The molecule has 1 unspecified atom stereocenters. The Kier molecular flexibility index (Phi) is 6.63. The fraction of sp³-hybridized carbons (Fsp3) is 0.600. The second-order valence-electron chi connectivity index (χ2n) is 5.09. The Morgan fingerprint density at radius 1 is 1.37 bits per heavy atom. The predicted octanol–water partition coefficient (Wildman–Crippen LogP) is 3.33. The van der Waals surface area contributed by atoms with Crippen LogP contribution in [-0.4, -0.2) is 31.6 Å². The lowest BCUT2D eigenvalue weighted by molar-refractivity contribution is 0.186. The summed E-state index contributed by atoms with van der Waals surface area (Å²) in [5, 5.41) is 0.719. The van der Waals surface area contributed by atoms with Crippen LogP contribution in [0.25, 0.3) is 0 Å². The van der Waals surface area contributed by atoms with Gasteiger partial charge in [-0.15, -0.1) is 0 Å². The van der Waals surface area contributed by atoms with E-state index in [-0.39, 0.29) is 6.04 Å². The number of ether oxygens (including phenoxy) is 1. The minimum atomic E-state index is 0.0936. The molecule has 0 radical (unpaired) electrons. The van der Waals surface area contributed by atoms with E-state index in [4.69, 9.17) is 22.1 Å². The smallest absolute Gasteiger partial charge is 0.125 e. The maximum atomic E-state index is 6.36. The Balaban J connectivity index is 3.14. The number of likely N-dealkylation sites (N-methyl/N-ethyl adjacent to an activating group) is 1. The van der Waals surface area contributed by atoms with Gasteiger partial charge >= 0.3 is 0 Å². The third-order valence-corrected chi connectivity index (χ3v) is 3.57. The number of nitrogens with zero attached hydrogens (tertiary/aromatic N) is 1. The molecule has 108 valence electrons. The molecule has 2 N–H and O–H groups in total. The standard InChI is InChI=1S/C15H25ClN2O/c1-5-18(10-11(2)3)13(9-17)15-12(16)7-6-8-14(15)19-4/h6-8,11,13H,5,9-10,17H2,1-4H3. The summed E-state index contributed by atoms with van der Waals surface area (Å²) in [6, 6.07) is 5.83. The van der Waals surface area contributed by atoms with Crippen LogP contribution in [-0.2, 0) is 0 Å². The number of halogens is 1. The molecule has 0 heterocycles. The maximum Gasteiger partial charge on any atom is 0.125 e. The number of hydrogen-bond donors (Lipinski definition) is 1. The van der Waals surface area contributed by atoms with Crippen LogP contribution in [0.4, 0.5) is 0 Å². The monoisotopic (exact) mass is 284 g/mol. The van der Waals surface area contributed by atoms with E-state index < -0.39 is 0 Å². The maximum absolute atomic E-state index is 6.36. The molecule has 3 nitrogen and oxygen atoms in total. The minimum absolute atomic E-state index is 0.0936. The number of methoxy groups -OCH3 is 1. The molecule has 0 saturated heterocycles. The lowest BCUT2D eigenvalue weighted by Gasteiger charge is -2.32. The molecule has 0 bridgehead atoms. The van der Waals surface area contributed by atoms with Crippen molar-refractivity contribution in [3.05, 3.63) is 28.8 Å². The van der Waals surface area contributed by atoms with Crippen molar-refractivity contribution in [2.24, 2.45) is 11.7 Å². The molecule has 1 aromatic carbocycles. The molecule has 0 aliphatic heterocycles. The zero-order valence-corrected chi connectivity index (χ0v) is 13.1. The molecule has 0 aliphatic rings. The fourth-order valence-electron chi connectivity index (χ4n) is 2.41. The average molecular weight is 285 g/mol. The van der Waals surface area contributed by atoms with E-state index in [2.05, 4.69) is 25.7 Å². The van der Waals surface area contributed by atoms with Gasteiger partial charge in [-0.25, -0.2) is 0 Å². The van der Waals surface area contributed by atoms with E-state index in [1.807, 2.05) is 18.2 Å². The lowest BCUT2D eigenvalue weighted by Crippen LogP contribution is -2.36. The summed E-state index contributed by atoms with van der Waals surface area (Å²) in [5.41, 5.74) is 6.99. The van der Waals surface area contributed by atoms with Gasteiger partial charge in [-0.3, -0.25) is 4.90 Å². The van der Waals surface area contributed by atoms with Crippen LogP contribution in [0.5, 0.6) is 5.75 Å². The highest BCUT2D eigenvalue weighted by Gasteiger charge is 2.24. The largest absolute Gasteiger partial charge is 0.496 e. The molecule has 1 atom stereocenters. The Morgan fingerprint density at radius 2 is 2.05 bits per heavy atom. The Labute approximate surface area is 121 Å². The number of benzene rings is 1. The quantitative estimate of drug-likeness (QED) is 0.835. The van der Waals surface area contributed by atoms with Crippen LogP contribution >= 0.6 is 11.6 Å². The summed E-state index contributed by atoms with van der Waals surface area (Å²) in [6.07, 6.45) is 0. The summed E-state index contributed by atoms with van der Waals surface area (Å²) in [4.78, 5) is 2.36. The third kappa shape index (κ3) is 4.10. The van der Waals surface area contributed by atoms with E-state index >= 15 is 0 Å². The first-order chi connectivity index (χ1) is 9.04. The first kappa shape index (κ1) is 16.3. The molecule has 0 spiro atoms. The van der Waals surface area contributed by atoms with Crippen molar-refractivity contribution in [2.45, 2.75) is 26.8 Å². The van der Waals surface area contributed by atoms with Gasteiger partial charge in [-0.05, 0) is 24.6 Å². The average Bonchev–Trinajstić information content (AvgIpc) is 2.39. The second-order valence-corrected chi connectivity index (χ2v) is 5.50. The Hall–Kier alpha value is -0.770. The third-order valence-electron chi connectivity index (χ3n) is 3.24. The molecule has 0 saturated carbocycles. The molecule has 0 amide bonds. The van der Waals surface area contributed by atoms with Crippen molar-refractivity contribution < 1.29 is 4.74 Å². The van der Waals surface area contributed by atoms with Gasteiger partial charge in [-0.1, -0.05) is 38.4 Å². The lowest BCUT2D eigenvalue weighted by atomic mass is 10.0. The first-order valence-electron chi connectivity index (χ1n) is 6.81. The van der Waals surface area contributed by atoms with E-state index in [0.717, 1.165) is 29.4 Å². The molecule has 19 heavy (non-hydrogen) atoms. The molecular formula is C15H25ClN2O. The van der Waals surface area contributed by atoms with Crippen molar-refractivity contribution in [2.75, 3.05) is 26.7 Å². The van der Waals surface area contributed by atoms with E-state index in [0.29, 0.717) is 12.5 Å². The van der Waals surface area contributed by atoms with Crippen molar-refractivity contribution in [1.29, 1.82) is 0 Å². The van der Waals surface area contributed by atoms with Crippen LogP contribution in [0, 0.1) is 5.92 Å². The highest BCUT2D eigenvalue weighted by molar-refractivity contribution is 6.31. The van der Waals surface area contributed by atoms with Crippen LogP contribution in [0.1, 0.15) is 32.4 Å². The fourth-order valence-corrected chi connectivity index (χ4v) is 2.71. The summed E-state index contributed by atoms with van der Waals surface area (Å²) >= 11 is 6.36. The second kappa shape index (κ2) is 7.73. The molecule has 0 aromatic heterocycles. The normalized spacial score (nSPS) is 13.1. The molecule has 0 fully saturated rings. The predicted molar refractivity (Wildman–Crippen MR) is 81.9 cm³/mol. The molecule has 0 aliphatic carbocycles. The van der Waals surface area contributed by atoms with Crippen LogP contribution < -0.4 is 10.5 Å². The van der Waals surface area contributed by atoms with Gasteiger partial charge < -0.3 is 10.5 Å². The van der Waals surface area contributed by atoms with Gasteiger partial charge in [0, 0.05) is 23.7 Å². The summed E-state index contributed by atoms with van der Waals surface area (Å²) in [5.74, 6) is 1.40. The number of rotatable bonds is 7. The van der Waals surface area contributed by atoms with Crippen molar-refractivity contribution in [1.82, 2.24) is 4.90 Å². The molecule has 1 rings (SSSR count). The molecular weight excluding hydrogens is 260 g/mol. The van der Waals surface area contributed by atoms with Gasteiger partial charge in [0.15, 0.2) is 0 Å². The SMILES string of the molecule is CCN(CC(C)C)C(CN)c1c(Cl)cccc1OC. The topological polar surface area (TPSA) is 38.5 Å². The van der Waals surface area contributed by atoms with E-state index in [1.54, 1.807) is 7.11 Å². The summed E-state index contributed by atoms with van der Waals surface area (Å²) in [7, 11) is 1.67. The zero-order chi connectivity index (χ0) is 14.4. The Morgan fingerprint density at radius 3 is 2.53 bits per heavy atom. The zero-order valence-electron chi connectivity index (χ0n) is 12.3. The Bertz CT molecular complexity index is 396. The van der Waals surface area contributed by atoms with Gasteiger partial charge in [0.05, 0.1) is 13.2 Å². The molecule has 1 aromatic rings. The molecule has 4 heteroatoms. The van der Waals surface area contributed by atoms with Crippen molar-refractivity contribution >= 4 is 11.6 Å². The highest BCUT2D eigenvalue weighted by Crippen LogP contribution is 2.35. The van der Waals surface area contributed by atoms with Gasteiger partial charge in [0.1, 0.15) is 5.75 Å². The van der Waals surface area contributed by atoms with Gasteiger partial charge in [-0.2, -0.15) is 0 Å². The number of nitrogens with two attached hydrogens (primary N) is 1. The van der Waals surface area contributed by atoms with E-state index in [9.17, 15) is 0 Å². The van der Waals surface area contributed by atoms with Crippen LogP contribution in [0.2, 0.25) is 5.02 Å². The number of hydrogen-bond acceptors (Lipinski definition) is 3. The van der Waals surface area contributed by atoms with E-state index in [1.165, 1.54) is 0 Å². The summed E-state index contributed by atoms with van der Waals surface area (Å²) in [6.45, 7) is 9.02. The van der Waals surface area contributed by atoms with Crippen LogP contribution in [0.3, 0.4) is 0 Å². The van der Waals surface area contributed by atoms with Crippen molar-refractivity contribution in [3.63, 3.8) is 0 Å². The van der Waals surface area contributed by atoms with Crippen molar-refractivity contribution in [3.8, 4) is 5.75 Å². The first-order valence-corrected chi connectivity index (χ1v) is 7.19. The van der Waals surface area contributed by atoms with Gasteiger partial charge in [0.25, 0.3) is 0 Å². The minimum Gasteiger partial charge on any atom is -0.496 e. The highest BCUT2D eigenvalue weighted by atomic mass is 35.5. The van der Waals surface area contributed by atoms with Crippen LogP contribution in [0.15, 0.2) is 18.2 Å². The summed E-state index contributed by atoms with van der Waals surface area (Å²) < 4.78 is 5.44. The van der Waals surface area contributed by atoms with Gasteiger partial charge in [0.2, 0.25) is 0 Å².